The van der Waals surface area contributed by atoms with Crippen LogP contribution in [0.4, 0.5) is 5.82 Å². The Labute approximate surface area is 117 Å². The first kappa shape index (κ1) is 14.0. The number of methoxy groups -OCH3 is 1. The van der Waals surface area contributed by atoms with E-state index in [0.29, 0.717) is 17.2 Å². The van der Waals surface area contributed by atoms with Crippen LogP contribution in [0, 0.1) is 4.91 Å². The van der Waals surface area contributed by atoms with Crippen molar-refractivity contribution in [3.8, 4) is 17.2 Å². The van der Waals surface area contributed by atoms with Gasteiger partial charge in [0.05, 0.1) is 7.11 Å². The van der Waals surface area contributed by atoms with Crippen LogP contribution in [-0.4, -0.2) is 12.1 Å². The van der Waals surface area contributed by atoms with Gasteiger partial charge in [0, 0.05) is 6.20 Å². The van der Waals surface area contributed by atoms with Crippen LogP contribution in [0.2, 0.25) is 0 Å². The molecule has 0 aliphatic carbocycles. The minimum Gasteiger partial charge on any atom is -0.493 e. The van der Waals surface area contributed by atoms with Crippen LogP contribution in [0.5, 0.6) is 17.2 Å². The number of nitrogens with zero attached hydrogens (tertiary/aromatic N) is 2. The summed E-state index contributed by atoms with van der Waals surface area (Å²) in [6.45, 7) is 2.12. The van der Waals surface area contributed by atoms with Crippen molar-refractivity contribution in [3.05, 3.63) is 47.0 Å². The average molecular weight is 272 g/mol. The van der Waals surface area contributed by atoms with Crippen LogP contribution >= 0.6 is 0 Å². The summed E-state index contributed by atoms with van der Waals surface area (Å²) >= 11 is 0. The molecule has 5 nitrogen and oxygen atoms in total. The van der Waals surface area contributed by atoms with Gasteiger partial charge in [0.25, 0.3) is 0 Å². The van der Waals surface area contributed by atoms with Crippen molar-refractivity contribution in [1.29, 1.82) is 0 Å². The van der Waals surface area contributed by atoms with E-state index in [-0.39, 0.29) is 5.82 Å². The van der Waals surface area contributed by atoms with Crippen LogP contribution in [-0.2, 0) is 6.42 Å². The molecule has 0 aliphatic rings. The summed E-state index contributed by atoms with van der Waals surface area (Å²) in [4.78, 5) is 14.5. The second-order valence-corrected chi connectivity index (χ2v) is 4.25. The molecule has 1 aromatic heterocycles. The fourth-order valence-corrected chi connectivity index (χ4v) is 1.89. The molecule has 0 amide bonds. The van der Waals surface area contributed by atoms with Crippen molar-refractivity contribution in [2.45, 2.75) is 19.8 Å². The highest BCUT2D eigenvalue weighted by Gasteiger charge is 2.10. The number of aromatic nitrogens is 1. The summed E-state index contributed by atoms with van der Waals surface area (Å²) in [7, 11) is 1.58. The molecular weight excluding hydrogens is 256 g/mol. The van der Waals surface area contributed by atoms with Crippen LogP contribution in [0.1, 0.15) is 18.9 Å². The van der Waals surface area contributed by atoms with Crippen LogP contribution in [0.3, 0.4) is 0 Å². The molecule has 20 heavy (non-hydrogen) atoms. The normalized spacial score (nSPS) is 10.1. The van der Waals surface area contributed by atoms with Gasteiger partial charge in [0.1, 0.15) is 0 Å². The first-order valence-electron chi connectivity index (χ1n) is 6.41. The van der Waals surface area contributed by atoms with Crippen LogP contribution in [0.15, 0.2) is 41.7 Å². The monoisotopic (exact) mass is 272 g/mol. The van der Waals surface area contributed by atoms with Crippen molar-refractivity contribution in [3.63, 3.8) is 0 Å². The molecule has 1 aromatic carbocycles. The Morgan fingerprint density at radius 2 is 2.05 bits per heavy atom. The van der Waals surface area contributed by atoms with Crippen molar-refractivity contribution in [2.75, 3.05) is 7.11 Å². The highest BCUT2D eigenvalue weighted by atomic mass is 16.5. The molecule has 0 saturated carbocycles. The molecule has 0 fully saturated rings. The van der Waals surface area contributed by atoms with Gasteiger partial charge in [-0.15, -0.1) is 4.91 Å². The number of benzene rings is 1. The molecule has 0 unspecified atom stereocenters. The maximum Gasteiger partial charge on any atom is 0.239 e. The molecule has 0 radical (unpaired) electrons. The molecule has 104 valence electrons. The van der Waals surface area contributed by atoms with Gasteiger partial charge in [-0.25, -0.2) is 4.98 Å². The summed E-state index contributed by atoms with van der Waals surface area (Å²) in [5.41, 5.74) is 1.18. The number of pyridine rings is 1. The van der Waals surface area contributed by atoms with E-state index in [4.69, 9.17) is 9.47 Å². The molecule has 0 aliphatic heterocycles. The van der Waals surface area contributed by atoms with Gasteiger partial charge in [-0.1, -0.05) is 19.4 Å². The van der Waals surface area contributed by atoms with E-state index >= 15 is 0 Å². The minimum absolute atomic E-state index is 0.0205. The molecule has 0 spiro atoms. The van der Waals surface area contributed by atoms with E-state index in [1.807, 2.05) is 18.2 Å². The van der Waals surface area contributed by atoms with Gasteiger partial charge < -0.3 is 9.47 Å². The number of hydrogen-bond donors (Lipinski definition) is 0. The van der Waals surface area contributed by atoms with E-state index in [1.54, 1.807) is 19.2 Å². The number of ether oxygens (including phenoxy) is 2. The second-order valence-electron chi connectivity index (χ2n) is 4.25. The van der Waals surface area contributed by atoms with Crippen molar-refractivity contribution < 1.29 is 9.47 Å². The zero-order valence-electron chi connectivity index (χ0n) is 11.5. The first-order valence-corrected chi connectivity index (χ1v) is 6.41. The maximum atomic E-state index is 10.7. The maximum absolute atomic E-state index is 10.7. The Balaban J connectivity index is 2.30. The molecule has 2 aromatic rings. The third kappa shape index (κ3) is 3.12. The van der Waals surface area contributed by atoms with E-state index in [0.717, 1.165) is 12.8 Å². The molecular formula is C15H16N2O3. The fraction of sp³-hybridized carbons (Fsp3) is 0.267. The third-order valence-corrected chi connectivity index (χ3v) is 2.82. The fourth-order valence-electron chi connectivity index (χ4n) is 1.89. The summed E-state index contributed by atoms with van der Waals surface area (Å²) < 4.78 is 11.0. The molecule has 2 rings (SSSR count). The summed E-state index contributed by atoms with van der Waals surface area (Å²) in [5, 5.41) is 2.84. The lowest BCUT2D eigenvalue weighted by Gasteiger charge is -2.12. The molecule has 0 N–H and O–H groups in total. The zero-order chi connectivity index (χ0) is 14.4. The van der Waals surface area contributed by atoms with Crippen molar-refractivity contribution >= 4 is 5.82 Å². The van der Waals surface area contributed by atoms with Crippen LogP contribution < -0.4 is 9.47 Å². The predicted octanol–water partition coefficient (Wildman–Crippen LogP) is 4.23. The Kier molecular flexibility index (Phi) is 4.65. The predicted molar refractivity (Wildman–Crippen MR) is 76.8 cm³/mol. The smallest absolute Gasteiger partial charge is 0.239 e. The topological polar surface area (TPSA) is 60.8 Å². The lowest BCUT2D eigenvalue weighted by atomic mass is 10.1. The zero-order valence-corrected chi connectivity index (χ0v) is 11.5. The number of rotatable bonds is 6. The summed E-state index contributed by atoms with van der Waals surface area (Å²) in [6, 6.07) is 9.06. The lowest BCUT2D eigenvalue weighted by molar-refractivity contribution is 0.378. The van der Waals surface area contributed by atoms with Crippen LogP contribution in [0.25, 0.3) is 0 Å². The summed E-state index contributed by atoms with van der Waals surface area (Å²) in [6.07, 6.45) is 3.53. The van der Waals surface area contributed by atoms with E-state index in [1.165, 1.54) is 11.8 Å². The van der Waals surface area contributed by atoms with E-state index in [2.05, 4.69) is 17.1 Å². The quantitative estimate of drug-likeness (QED) is 0.738. The first-order chi connectivity index (χ1) is 9.78. The van der Waals surface area contributed by atoms with Gasteiger partial charge >= 0.3 is 0 Å². The average Bonchev–Trinajstić information content (AvgIpc) is 2.49. The molecule has 0 bridgehead atoms. The molecule has 0 atom stereocenters. The molecule has 5 heteroatoms. The number of aryl methyl sites for hydroxylation is 1. The van der Waals surface area contributed by atoms with Gasteiger partial charge in [-0.3, -0.25) is 0 Å². The van der Waals surface area contributed by atoms with Gasteiger partial charge in [0.2, 0.25) is 5.82 Å². The van der Waals surface area contributed by atoms with Gasteiger partial charge in [-0.05, 0) is 41.4 Å². The van der Waals surface area contributed by atoms with Gasteiger partial charge in [0.15, 0.2) is 17.2 Å². The highest BCUT2D eigenvalue weighted by Crippen LogP contribution is 2.35. The third-order valence-electron chi connectivity index (χ3n) is 2.82. The Morgan fingerprint density at radius 1 is 1.20 bits per heavy atom. The lowest BCUT2D eigenvalue weighted by Crippen LogP contribution is -1.93. The second kappa shape index (κ2) is 6.65. The number of hydrogen-bond acceptors (Lipinski definition) is 5. The van der Waals surface area contributed by atoms with Crippen molar-refractivity contribution in [2.24, 2.45) is 5.18 Å². The highest BCUT2D eigenvalue weighted by molar-refractivity contribution is 5.50. The van der Waals surface area contributed by atoms with Crippen molar-refractivity contribution in [1.82, 2.24) is 4.98 Å². The Hall–Kier alpha value is -2.43. The van der Waals surface area contributed by atoms with E-state index < -0.39 is 0 Å². The SMILES string of the molecule is CCCc1ccc(Oc2cccnc2N=O)c(OC)c1. The van der Waals surface area contributed by atoms with E-state index in [9.17, 15) is 4.91 Å². The summed E-state index contributed by atoms with van der Waals surface area (Å²) in [5.74, 6) is 1.48. The van der Waals surface area contributed by atoms with Gasteiger partial charge in [-0.2, -0.15) is 0 Å². The Morgan fingerprint density at radius 3 is 2.75 bits per heavy atom. The Bertz CT molecular complexity index is 599. The minimum atomic E-state index is 0.0205. The largest absolute Gasteiger partial charge is 0.493 e. The molecule has 1 heterocycles. The standard InChI is InChI=1S/C15H16N2O3/c1-3-5-11-7-8-12(14(10-11)19-2)20-13-6-4-9-16-15(13)17-18/h4,6-10H,3,5H2,1-2H3. The molecule has 0 saturated heterocycles. The number of nitroso groups, excluding NO2 is 1.